The normalized spacial score (nSPS) is 12.3. The molecular formula is C20H18N2O5. The molecule has 27 heavy (non-hydrogen) atoms. The van der Waals surface area contributed by atoms with Gasteiger partial charge in [-0.2, -0.15) is 0 Å². The second-order valence-corrected chi connectivity index (χ2v) is 6.24. The number of hydrogen-bond acceptors (Lipinski definition) is 6. The molecule has 2 aromatic carbocycles. The standard InChI is InChI=1S/C20H18N2O5/c1-2-3-17(21)22-12-5-7-14-13(9-12)18(23)19(24)20(27-14)11-4-6-15-16(8-11)26-10-25-15/h4-9,24H,2-3,10H2,1H3,(H2,21,22). The first-order valence-corrected chi connectivity index (χ1v) is 8.61. The van der Waals surface area contributed by atoms with E-state index in [-0.39, 0.29) is 17.9 Å². The van der Waals surface area contributed by atoms with Gasteiger partial charge in [0.2, 0.25) is 18.0 Å². The highest BCUT2D eigenvalue weighted by Gasteiger charge is 2.19. The van der Waals surface area contributed by atoms with E-state index in [9.17, 15) is 9.90 Å². The summed E-state index contributed by atoms with van der Waals surface area (Å²) in [4.78, 5) is 12.7. The van der Waals surface area contributed by atoms with Gasteiger partial charge in [0, 0.05) is 17.7 Å². The predicted molar refractivity (Wildman–Crippen MR) is 102 cm³/mol. The molecule has 1 aromatic heterocycles. The lowest BCUT2D eigenvalue weighted by Crippen LogP contribution is -2.10. The lowest BCUT2D eigenvalue weighted by atomic mass is 10.1. The third-order valence-electron chi connectivity index (χ3n) is 4.30. The van der Waals surface area contributed by atoms with E-state index in [4.69, 9.17) is 19.3 Å². The van der Waals surface area contributed by atoms with Crippen molar-refractivity contribution >= 4 is 22.5 Å². The average Bonchev–Trinajstić information content (AvgIpc) is 3.13. The molecule has 7 nitrogen and oxygen atoms in total. The summed E-state index contributed by atoms with van der Waals surface area (Å²) in [5.41, 5.74) is 0.929. The van der Waals surface area contributed by atoms with Crippen LogP contribution >= 0.6 is 0 Å². The minimum absolute atomic E-state index is 0.0743. The zero-order valence-corrected chi connectivity index (χ0v) is 14.7. The molecule has 1 aliphatic rings. The van der Waals surface area contributed by atoms with Gasteiger partial charge in [0.1, 0.15) is 5.58 Å². The summed E-state index contributed by atoms with van der Waals surface area (Å²) < 4.78 is 16.4. The summed E-state index contributed by atoms with van der Waals surface area (Å²) in [6, 6.07) is 10.0. The number of nitrogens with one attached hydrogen (secondary N) is 2. The van der Waals surface area contributed by atoms with E-state index in [1.54, 1.807) is 36.4 Å². The van der Waals surface area contributed by atoms with E-state index in [2.05, 4.69) is 5.32 Å². The van der Waals surface area contributed by atoms with Crippen LogP contribution in [0.25, 0.3) is 22.3 Å². The first-order valence-electron chi connectivity index (χ1n) is 8.61. The van der Waals surface area contributed by atoms with Gasteiger partial charge in [0.25, 0.3) is 0 Å². The molecule has 1 aliphatic heterocycles. The van der Waals surface area contributed by atoms with Crippen LogP contribution in [0.1, 0.15) is 19.8 Å². The van der Waals surface area contributed by atoms with Gasteiger partial charge in [-0.1, -0.05) is 6.92 Å². The minimum atomic E-state index is -0.533. The van der Waals surface area contributed by atoms with Crippen LogP contribution in [-0.2, 0) is 0 Å². The Morgan fingerprint density at radius 2 is 2.00 bits per heavy atom. The molecule has 0 unspecified atom stereocenters. The van der Waals surface area contributed by atoms with Crippen LogP contribution < -0.4 is 20.2 Å². The Morgan fingerprint density at radius 1 is 1.19 bits per heavy atom. The van der Waals surface area contributed by atoms with Gasteiger partial charge < -0.3 is 24.3 Å². The van der Waals surface area contributed by atoms with Crippen LogP contribution in [0, 0.1) is 5.41 Å². The Kier molecular flexibility index (Phi) is 4.19. The minimum Gasteiger partial charge on any atom is -0.502 e. The van der Waals surface area contributed by atoms with Gasteiger partial charge >= 0.3 is 0 Å². The number of amidine groups is 1. The molecule has 0 aliphatic carbocycles. The molecule has 0 atom stereocenters. The van der Waals surface area contributed by atoms with Crippen molar-refractivity contribution in [2.75, 3.05) is 12.1 Å². The van der Waals surface area contributed by atoms with Crippen molar-refractivity contribution in [1.82, 2.24) is 0 Å². The maximum Gasteiger partial charge on any atom is 0.235 e. The van der Waals surface area contributed by atoms with E-state index in [0.29, 0.717) is 40.6 Å². The Morgan fingerprint density at radius 3 is 2.81 bits per heavy atom. The topological polar surface area (TPSA) is 105 Å². The van der Waals surface area contributed by atoms with Crippen molar-refractivity contribution < 1.29 is 19.0 Å². The molecule has 3 N–H and O–H groups in total. The molecular weight excluding hydrogens is 348 g/mol. The summed E-state index contributed by atoms with van der Waals surface area (Å²) in [6.07, 6.45) is 1.46. The molecule has 7 heteroatoms. The van der Waals surface area contributed by atoms with Crippen LogP contribution in [0.3, 0.4) is 0 Å². The van der Waals surface area contributed by atoms with Crippen molar-refractivity contribution in [3.63, 3.8) is 0 Å². The van der Waals surface area contributed by atoms with E-state index >= 15 is 0 Å². The van der Waals surface area contributed by atoms with Gasteiger partial charge in [-0.3, -0.25) is 10.2 Å². The second kappa shape index (κ2) is 6.68. The van der Waals surface area contributed by atoms with Crippen molar-refractivity contribution in [3.8, 4) is 28.6 Å². The molecule has 2 heterocycles. The summed E-state index contributed by atoms with van der Waals surface area (Å²) in [5.74, 6) is 1.10. The Labute approximate surface area is 154 Å². The summed E-state index contributed by atoms with van der Waals surface area (Å²) >= 11 is 0. The smallest absolute Gasteiger partial charge is 0.235 e. The number of aromatic hydroxyl groups is 1. The van der Waals surface area contributed by atoms with Gasteiger partial charge in [-0.05, 0) is 42.8 Å². The van der Waals surface area contributed by atoms with Gasteiger partial charge in [0.15, 0.2) is 17.3 Å². The van der Waals surface area contributed by atoms with E-state index in [1.807, 2.05) is 6.92 Å². The molecule has 0 bridgehead atoms. The van der Waals surface area contributed by atoms with Crippen LogP contribution in [0.4, 0.5) is 5.69 Å². The van der Waals surface area contributed by atoms with Gasteiger partial charge in [0.05, 0.1) is 11.2 Å². The van der Waals surface area contributed by atoms with Gasteiger partial charge in [-0.15, -0.1) is 0 Å². The molecule has 3 aromatic rings. The molecule has 0 saturated heterocycles. The monoisotopic (exact) mass is 366 g/mol. The Bertz CT molecular complexity index is 1100. The van der Waals surface area contributed by atoms with E-state index in [0.717, 1.165) is 6.42 Å². The number of fused-ring (bicyclic) bond motifs is 2. The molecule has 0 radical (unpaired) electrons. The molecule has 0 fully saturated rings. The van der Waals surface area contributed by atoms with Crippen molar-refractivity contribution in [1.29, 1.82) is 5.41 Å². The third-order valence-corrected chi connectivity index (χ3v) is 4.30. The van der Waals surface area contributed by atoms with Crippen molar-refractivity contribution in [2.24, 2.45) is 0 Å². The zero-order valence-electron chi connectivity index (χ0n) is 14.7. The maximum atomic E-state index is 12.7. The predicted octanol–water partition coefficient (Wildman–Crippen LogP) is 4.08. The number of anilines is 1. The summed E-state index contributed by atoms with van der Waals surface area (Å²) in [5, 5.41) is 21.5. The fourth-order valence-electron chi connectivity index (χ4n) is 2.98. The molecule has 0 saturated carbocycles. The number of hydrogen-bond donors (Lipinski definition) is 3. The highest BCUT2D eigenvalue weighted by molar-refractivity contribution is 5.95. The molecule has 4 rings (SSSR count). The van der Waals surface area contributed by atoms with Crippen LogP contribution in [0.2, 0.25) is 0 Å². The summed E-state index contributed by atoms with van der Waals surface area (Å²) in [6.45, 7) is 2.12. The quantitative estimate of drug-likeness (QED) is 0.475. The largest absolute Gasteiger partial charge is 0.502 e. The lowest BCUT2D eigenvalue weighted by Gasteiger charge is -2.10. The lowest BCUT2D eigenvalue weighted by molar-refractivity contribution is 0.174. The average molecular weight is 366 g/mol. The molecule has 0 spiro atoms. The fourth-order valence-corrected chi connectivity index (χ4v) is 2.98. The highest BCUT2D eigenvalue weighted by Crippen LogP contribution is 2.38. The Balaban J connectivity index is 1.77. The SMILES string of the molecule is CCCC(=N)Nc1ccc2oc(-c3ccc4c(c3)OCO4)c(O)c(=O)c2c1. The summed E-state index contributed by atoms with van der Waals surface area (Å²) in [7, 11) is 0. The number of ether oxygens (including phenoxy) is 2. The highest BCUT2D eigenvalue weighted by atomic mass is 16.7. The fraction of sp³-hybridized carbons (Fsp3) is 0.200. The maximum absolute atomic E-state index is 12.7. The Hall–Kier alpha value is -3.48. The van der Waals surface area contributed by atoms with Crippen LogP contribution in [0.5, 0.6) is 17.2 Å². The van der Waals surface area contributed by atoms with E-state index in [1.165, 1.54) is 0 Å². The molecule has 138 valence electrons. The second-order valence-electron chi connectivity index (χ2n) is 6.24. The number of benzene rings is 2. The van der Waals surface area contributed by atoms with Crippen LogP contribution in [-0.4, -0.2) is 17.7 Å². The zero-order chi connectivity index (χ0) is 19.0. The van der Waals surface area contributed by atoms with Crippen LogP contribution in [0.15, 0.2) is 45.6 Å². The van der Waals surface area contributed by atoms with Crippen molar-refractivity contribution in [3.05, 3.63) is 46.6 Å². The first kappa shape index (κ1) is 17.0. The third kappa shape index (κ3) is 3.08. The van der Waals surface area contributed by atoms with Crippen molar-refractivity contribution in [2.45, 2.75) is 19.8 Å². The number of rotatable bonds is 4. The molecule has 0 amide bonds. The first-order chi connectivity index (χ1) is 13.1. The van der Waals surface area contributed by atoms with Gasteiger partial charge in [-0.25, -0.2) is 0 Å². The van der Waals surface area contributed by atoms with E-state index < -0.39 is 11.2 Å².